The Morgan fingerprint density at radius 3 is 2.36 bits per heavy atom. The predicted octanol–water partition coefficient (Wildman–Crippen LogP) is 3.07. The summed E-state index contributed by atoms with van der Waals surface area (Å²) in [6.07, 6.45) is 2.75. The molecule has 0 aliphatic carbocycles. The van der Waals surface area contributed by atoms with E-state index >= 15 is 0 Å². The van der Waals surface area contributed by atoms with Gasteiger partial charge in [0.15, 0.2) is 0 Å². The average molecular weight is 180 g/mol. The van der Waals surface area contributed by atoms with Gasteiger partial charge in [-0.3, -0.25) is 0 Å². The summed E-state index contributed by atoms with van der Waals surface area (Å²) in [7, 11) is 2.40. The first-order valence-electron chi connectivity index (χ1n) is 4.02. The molecule has 0 radical (unpaired) electrons. The van der Waals surface area contributed by atoms with Gasteiger partial charge in [-0.25, -0.2) is 0 Å². The Kier molecular flexibility index (Phi) is 1.37. The average Bonchev–Trinajstić information content (AvgIpc) is 2.60. The summed E-state index contributed by atoms with van der Waals surface area (Å²) in [5.74, 6) is 0. The second-order valence-corrected chi connectivity index (χ2v) is 6.44. The second kappa shape index (κ2) is 2.28. The van der Waals surface area contributed by atoms with Crippen LogP contribution in [0.1, 0.15) is 22.1 Å². The highest BCUT2D eigenvalue weighted by Crippen LogP contribution is 2.62. The summed E-state index contributed by atoms with van der Waals surface area (Å²) in [5, 5.41) is 1.00. The van der Waals surface area contributed by atoms with Crippen LogP contribution in [-0.2, 0) is 12.3 Å². The lowest BCUT2D eigenvalue weighted by molar-refractivity contribution is 1.29. The molecular weight excluding hydrogens is 170 g/mol. The highest BCUT2D eigenvalue weighted by atomic mass is 31.1. The standard InChI is InChI=1S/C9H10P2/c1-2-6-4-10-9-8(6)7(3-1)5-11-9/h1-3,9-11H,4-5H2. The lowest BCUT2D eigenvalue weighted by Gasteiger charge is -2.00. The van der Waals surface area contributed by atoms with E-state index in [9.17, 15) is 0 Å². The lowest BCUT2D eigenvalue weighted by atomic mass is 10.1. The van der Waals surface area contributed by atoms with E-state index < -0.39 is 0 Å². The molecule has 0 nitrogen and oxygen atoms in total. The fraction of sp³-hybridized carbons (Fsp3) is 0.333. The highest BCUT2D eigenvalue weighted by molar-refractivity contribution is 7.57. The van der Waals surface area contributed by atoms with E-state index in [1.165, 1.54) is 29.5 Å². The third kappa shape index (κ3) is 0.835. The van der Waals surface area contributed by atoms with Crippen LogP contribution in [-0.4, -0.2) is 0 Å². The summed E-state index contributed by atoms with van der Waals surface area (Å²) >= 11 is 0. The fourth-order valence-corrected chi connectivity index (χ4v) is 5.85. The summed E-state index contributed by atoms with van der Waals surface area (Å²) < 4.78 is 0. The van der Waals surface area contributed by atoms with Crippen LogP contribution in [0.4, 0.5) is 0 Å². The fourth-order valence-electron chi connectivity index (χ4n) is 2.05. The molecule has 0 saturated carbocycles. The van der Waals surface area contributed by atoms with Crippen molar-refractivity contribution >= 4 is 17.2 Å². The Labute approximate surface area is 70.3 Å². The molecule has 0 saturated heterocycles. The van der Waals surface area contributed by atoms with E-state index in [0.717, 1.165) is 5.40 Å². The molecule has 2 atom stereocenters. The van der Waals surface area contributed by atoms with Gasteiger partial charge in [0, 0.05) is 5.40 Å². The van der Waals surface area contributed by atoms with Crippen molar-refractivity contribution in [3.8, 4) is 0 Å². The van der Waals surface area contributed by atoms with Gasteiger partial charge in [-0.05, 0) is 29.0 Å². The van der Waals surface area contributed by atoms with Gasteiger partial charge in [0.2, 0.25) is 0 Å². The minimum atomic E-state index is 1.00. The molecule has 2 aliphatic heterocycles. The maximum atomic E-state index is 2.32. The summed E-state index contributed by atoms with van der Waals surface area (Å²) in [5.41, 5.74) is 5.08. The van der Waals surface area contributed by atoms with Crippen LogP contribution >= 0.6 is 17.2 Å². The SMILES string of the molecule is c1cc2c3c(c1)CPC3PC2. The zero-order valence-electron chi connectivity index (χ0n) is 6.22. The Morgan fingerprint density at radius 1 is 1.09 bits per heavy atom. The molecule has 0 N–H and O–H groups in total. The Bertz CT molecular complexity index is 280. The molecule has 2 aliphatic rings. The third-order valence-electron chi connectivity index (χ3n) is 2.57. The predicted molar refractivity (Wildman–Crippen MR) is 53.2 cm³/mol. The zero-order valence-corrected chi connectivity index (χ0v) is 8.22. The van der Waals surface area contributed by atoms with Crippen LogP contribution in [0.2, 0.25) is 0 Å². The quantitative estimate of drug-likeness (QED) is 0.538. The van der Waals surface area contributed by atoms with Gasteiger partial charge in [0.05, 0.1) is 0 Å². The van der Waals surface area contributed by atoms with E-state index in [1.807, 2.05) is 0 Å². The van der Waals surface area contributed by atoms with Crippen LogP contribution in [0.15, 0.2) is 18.2 Å². The summed E-state index contributed by atoms with van der Waals surface area (Å²) in [4.78, 5) is 0. The van der Waals surface area contributed by atoms with Crippen molar-refractivity contribution in [1.82, 2.24) is 0 Å². The van der Waals surface area contributed by atoms with Gasteiger partial charge >= 0.3 is 0 Å². The van der Waals surface area contributed by atoms with Crippen molar-refractivity contribution in [1.29, 1.82) is 0 Å². The topological polar surface area (TPSA) is 0 Å². The second-order valence-electron chi connectivity index (χ2n) is 3.18. The first kappa shape index (κ1) is 6.58. The molecule has 0 fully saturated rings. The first-order valence-corrected chi connectivity index (χ1v) is 6.59. The number of benzene rings is 1. The molecule has 2 heterocycles. The van der Waals surface area contributed by atoms with Crippen molar-refractivity contribution in [3.63, 3.8) is 0 Å². The molecule has 2 unspecified atom stereocenters. The van der Waals surface area contributed by atoms with Crippen LogP contribution < -0.4 is 0 Å². The third-order valence-corrected chi connectivity index (χ3v) is 6.36. The molecule has 11 heavy (non-hydrogen) atoms. The van der Waals surface area contributed by atoms with Gasteiger partial charge in [0.1, 0.15) is 0 Å². The Hall–Kier alpha value is 0.0800. The minimum Gasteiger partial charge on any atom is -0.105 e. The van der Waals surface area contributed by atoms with Crippen molar-refractivity contribution in [2.75, 3.05) is 0 Å². The summed E-state index contributed by atoms with van der Waals surface area (Å²) in [6, 6.07) is 6.88. The Morgan fingerprint density at radius 2 is 1.73 bits per heavy atom. The van der Waals surface area contributed by atoms with Gasteiger partial charge in [0.25, 0.3) is 0 Å². The molecule has 1 aromatic rings. The monoisotopic (exact) mass is 180 g/mol. The zero-order chi connectivity index (χ0) is 7.26. The van der Waals surface area contributed by atoms with Crippen LogP contribution in [0.5, 0.6) is 0 Å². The first-order chi connectivity index (χ1) is 5.45. The van der Waals surface area contributed by atoms with Gasteiger partial charge in [-0.2, -0.15) is 0 Å². The number of rotatable bonds is 0. The van der Waals surface area contributed by atoms with Crippen LogP contribution in [0, 0.1) is 0 Å². The molecule has 2 heteroatoms. The van der Waals surface area contributed by atoms with Crippen molar-refractivity contribution in [2.24, 2.45) is 0 Å². The molecule has 0 aromatic heterocycles. The van der Waals surface area contributed by atoms with E-state index in [4.69, 9.17) is 0 Å². The van der Waals surface area contributed by atoms with E-state index in [0.29, 0.717) is 0 Å². The summed E-state index contributed by atoms with van der Waals surface area (Å²) in [6.45, 7) is 0. The molecule has 3 rings (SSSR count). The normalized spacial score (nSPS) is 30.0. The van der Waals surface area contributed by atoms with Crippen molar-refractivity contribution < 1.29 is 0 Å². The van der Waals surface area contributed by atoms with Gasteiger partial charge in [-0.1, -0.05) is 18.2 Å². The molecule has 0 amide bonds. The van der Waals surface area contributed by atoms with Gasteiger partial charge in [-0.15, -0.1) is 17.2 Å². The van der Waals surface area contributed by atoms with Gasteiger partial charge < -0.3 is 0 Å². The maximum Gasteiger partial charge on any atom is 0.0197 e. The molecule has 1 aromatic carbocycles. The van der Waals surface area contributed by atoms with Crippen molar-refractivity contribution in [2.45, 2.75) is 17.7 Å². The maximum absolute atomic E-state index is 2.32. The largest absolute Gasteiger partial charge is 0.105 e. The lowest BCUT2D eigenvalue weighted by Crippen LogP contribution is -1.84. The minimum absolute atomic E-state index is 1.00. The van der Waals surface area contributed by atoms with Crippen LogP contribution in [0.25, 0.3) is 0 Å². The molecule has 0 bridgehead atoms. The molecular formula is C9H10P2. The van der Waals surface area contributed by atoms with Crippen LogP contribution in [0.3, 0.4) is 0 Å². The van der Waals surface area contributed by atoms with Crippen molar-refractivity contribution in [3.05, 3.63) is 34.9 Å². The van der Waals surface area contributed by atoms with E-state index in [1.54, 1.807) is 16.7 Å². The Balaban J connectivity index is 2.31. The number of hydrogen-bond donors (Lipinski definition) is 0. The molecule has 56 valence electrons. The van der Waals surface area contributed by atoms with E-state index in [-0.39, 0.29) is 0 Å². The highest BCUT2D eigenvalue weighted by Gasteiger charge is 2.29. The van der Waals surface area contributed by atoms with E-state index in [2.05, 4.69) is 18.2 Å². The number of hydrogen-bond acceptors (Lipinski definition) is 0. The molecule has 0 spiro atoms. The smallest absolute Gasteiger partial charge is 0.0197 e.